The van der Waals surface area contributed by atoms with E-state index in [0.717, 1.165) is 21.8 Å². The Bertz CT molecular complexity index is 1210. The number of aromatic nitrogens is 2. The number of carbonyl (C=O) groups excluding carboxylic acids is 2. The summed E-state index contributed by atoms with van der Waals surface area (Å²) in [5.41, 5.74) is 3.31. The van der Waals surface area contributed by atoms with Crippen LogP contribution in [-0.4, -0.2) is 27.7 Å². The van der Waals surface area contributed by atoms with Crippen LogP contribution in [0.1, 0.15) is 53.1 Å². The minimum absolute atomic E-state index is 0.0341. The normalized spacial score (nSPS) is 15.6. The summed E-state index contributed by atoms with van der Waals surface area (Å²) in [6, 6.07) is 11.8. The molecular formula is C25H27N5O3S. The number of fused-ring (bicyclic) bond motifs is 1. The average molecular weight is 478 g/mol. The summed E-state index contributed by atoms with van der Waals surface area (Å²) < 4.78 is 7.56. The van der Waals surface area contributed by atoms with E-state index < -0.39 is 6.09 Å². The van der Waals surface area contributed by atoms with Crippen LogP contribution in [0.4, 0.5) is 9.80 Å². The van der Waals surface area contributed by atoms with Crippen LogP contribution >= 0.6 is 11.3 Å². The maximum Gasteiger partial charge on any atom is 0.407 e. The zero-order chi connectivity index (χ0) is 24.1. The molecule has 0 aromatic carbocycles. The van der Waals surface area contributed by atoms with Gasteiger partial charge in [0.05, 0.1) is 12.1 Å². The molecule has 0 saturated heterocycles. The number of carbonyl (C=O) groups is 2. The molecule has 0 saturated carbocycles. The van der Waals surface area contributed by atoms with Gasteiger partial charge in [0.25, 0.3) is 0 Å². The van der Waals surface area contributed by atoms with Crippen molar-refractivity contribution in [3.63, 3.8) is 0 Å². The van der Waals surface area contributed by atoms with Gasteiger partial charge in [-0.15, -0.1) is 11.3 Å². The number of nitriles is 1. The van der Waals surface area contributed by atoms with Crippen molar-refractivity contribution in [1.29, 1.82) is 5.26 Å². The van der Waals surface area contributed by atoms with E-state index in [4.69, 9.17) is 4.74 Å². The molecule has 1 aliphatic rings. The van der Waals surface area contributed by atoms with Crippen molar-refractivity contribution < 1.29 is 14.3 Å². The van der Waals surface area contributed by atoms with Crippen molar-refractivity contribution in [3.05, 3.63) is 70.1 Å². The first-order valence-electron chi connectivity index (χ1n) is 11.2. The molecule has 2 unspecified atom stereocenters. The minimum Gasteiger partial charge on any atom is -0.446 e. The Labute approximate surface area is 202 Å². The molecule has 3 heterocycles. The van der Waals surface area contributed by atoms with Gasteiger partial charge >= 0.3 is 6.09 Å². The van der Waals surface area contributed by atoms with Gasteiger partial charge in [-0.3, -0.25) is 9.78 Å². The van der Waals surface area contributed by atoms with Crippen LogP contribution in [0.2, 0.25) is 0 Å². The third kappa shape index (κ3) is 5.46. The Morgan fingerprint density at radius 1 is 1.35 bits per heavy atom. The first-order valence-corrected chi connectivity index (χ1v) is 12.1. The maximum atomic E-state index is 12.7. The predicted molar refractivity (Wildman–Crippen MR) is 129 cm³/mol. The van der Waals surface area contributed by atoms with Crippen molar-refractivity contribution in [1.82, 2.24) is 14.9 Å². The molecule has 3 aromatic rings. The number of thiophene rings is 1. The van der Waals surface area contributed by atoms with Gasteiger partial charge < -0.3 is 19.9 Å². The fourth-order valence-electron chi connectivity index (χ4n) is 4.13. The standard InChI is InChI=1S/C25H27N5O3S/c1-16(21-7-3-4-10-27-21)12-23(31)29-24-20(14-26)19-9-8-18(13-22(19)34-24)33-25(32)28-15-17-6-5-11-30(17)2/h3-7,10-11,16,18H,8-9,12-13,15H2,1-2H3,(H,28,32)(H,29,31). The SMILES string of the molecule is CC(CC(=O)Nc1sc2c(c1C#N)CCC(OC(=O)NCc1cccn1C)C2)c1ccccn1. The highest BCUT2D eigenvalue weighted by molar-refractivity contribution is 7.16. The third-order valence-corrected chi connectivity index (χ3v) is 7.18. The van der Waals surface area contributed by atoms with Gasteiger partial charge in [0, 0.05) is 54.5 Å². The van der Waals surface area contributed by atoms with E-state index in [0.29, 0.717) is 36.4 Å². The Hall–Kier alpha value is -3.64. The van der Waals surface area contributed by atoms with Gasteiger partial charge in [-0.25, -0.2) is 4.79 Å². The summed E-state index contributed by atoms with van der Waals surface area (Å²) in [5.74, 6) is -0.186. The molecule has 0 radical (unpaired) electrons. The third-order valence-electron chi connectivity index (χ3n) is 6.01. The lowest BCUT2D eigenvalue weighted by Gasteiger charge is -2.22. The second-order valence-corrected chi connectivity index (χ2v) is 9.57. The molecule has 0 aliphatic heterocycles. The van der Waals surface area contributed by atoms with Gasteiger partial charge in [-0.1, -0.05) is 13.0 Å². The number of ether oxygens (including phenoxy) is 1. The second kappa shape index (κ2) is 10.5. The number of rotatable bonds is 7. The number of alkyl carbamates (subject to hydrolysis) is 1. The molecule has 4 rings (SSSR count). The molecule has 8 nitrogen and oxygen atoms in total. The van der Waals surface area contributed by atoms with E-state index in [1.54, 1.807) is 6.20 Å². The summed E-state index contributed by atoms with van der Waals surface area (Å²) >= 11 is 1.40. The summed E-state index contributed by atoms with van der Waals surface area (Å²) in [4.78, 5) is 30.2. The van der Waals surface area contributed by atoms with E-state index in [1.807, 2.05) is 55.1 Å². The van der Waals surface area contributed by atoms with Gasteiger partial charge in [0.2, 0.25) is 5.91 Å². The summed E-state index contributed by atoms with van der Waals surface area (Å²) in [5, 5.41) is 16.0. The van der Waals surface area contributed by atoms with Crippen molar-refractivity contribution in [2.45, 2.75) is 51.2 Å². The van der Waals surface area contributed by atoms with Gasteiger partial charge in [0.1, 0.15) is 17.2 Å². The molecule has 176 valence electrons. The number of hydrogen-bond acceptors (Lipinski definition) is 6. The van der Waals surface area contributed by atoms with Gasteiger partial charge in [-0.2, -0.15) is 5.26 Å². The summed E-state index contributed by atoms with van der Waals surface area (Å²) in [6.45, 7) is 2.35. The number of hydrogen-bond donors (Lipinski definition) is 2. The lowest BCUT2D eigenvalue weighted by atomic mass is 9.94. The first-order chi connectivity index (χ1) is 16.4. The van der Waals surface area contributed by atoms with Crippen molar-refractivity contribution in [2.75, 3.05) is 5.32 Å². The molecule has 2 amide bonds. The van der Waals surface area contributed by atoms with Crippen LogP contribution in [-0.2, 0) is 36.0 Å². The topological polar surface area (TPSA) is 109 Å². The molecule has 2 N–H and O–H groups in total. The largest absolute Gasteiger partial charge is 0.446 e. The van der Waals surface area contributed by atoms with E-state index in [1.165, 1.54) is 11.3 Å². The lowest BCUT2D eigenvalue weighted by Crippen LogP contribution is -2.32. The zero-order valence-corrected chi connectivity index (χ0v) is 20.0. The monoisotopic (exact) mass is 477 g/mol. The quantitative estimate of drug-likeness (QED) is 0.528. The highest BCUT2D eigenvalue weighted by atomic mass is 32.1. The van der Waals surface area contributed by atoms with Crippen molar-refractivity contribution >= 4 is 28.3 Å². The fraction of sp³-hybridized carbons (Fsp3) is 0.360. The Morgan fingerprint density at radius 3 is 2.91 bits per heavy atom. The molecule has 2 atom stereocenters. The second-order valence-electron chi connectivity index (χ2n) is 8.46. The predicted octanol–water partition coefficient (Wildman–Crippen LogP) is 4.27. The molecule has 34 heavy (non-hydrogen) atoms. The van der Waals surface area contributed by atoms with Gasteiger partial charge in [0.15, 0.2) is 0 Å². The fourth-order valence-corrected chi connectivity index (χ4v) is 5.41. The molecular weight excluding hydrogens is 450 g/mol. The molecule has 1 aliphatic carbocycles. The van der Waals surface area contributed by atoms with E-state index >= 15 is 0 Å². The van der Waals surface area contributed by atoms with Gasteiger partial charge in [-0.05, 0) is 42.7 Å². The highest BCUT2D eigenvalue weighted by Crippen LogP contribution is 2.38. The van der Waals surface area contributed by atoms with E-state index in [-0.39, 0.29) is 24.3 Å². The Morgan fingerprint density at radius 2 is 2.21 bits per heavy atom. The number of anilines is 1. The van der Waals surface area contributed by atoms with Crippen LogP contribution in [0.25, 0.3) is 0 Å². The average Bonchev–Trinajstić information content (AvgIpc) is 3.39. The maximum absolute atomic E-state index is 12.7. The van der Waals surface area contributed by atoms with Crippen LogP contribution < -0.4 is 10.6 Å². The molecule has 9 heteroatoms. The molecule has 0 spiro atoms. The van der Waals surface area contributed by atoms with Crippen molar-refractivity contribution in [3.8, 4) is 6.07 Å². The smallest absolute Gasteiger partial charge is 0.407 e. The van der Waals surface area contributed by atoms with Crippen LogP contribution in [0, 0.1) is 11.3 Å². The Kier molecular flexibility index (Phi) is 7.28. The summed E-state index contributed by atoms with van der Waals surface area (Å²) in [6.07, 6.45) is 4.99. The van der Waals surface area contributed by atoms with E-state index in [2.05, 4.69) is 21.7 Å². The minimum atomic E-state index is -0.455. The first kappa shape index (κ1) is 23.5. The number of nitrogens with zero attached hydrogens (tertiary/aromatic N) is 3. The molecule has 0 bridgehead atoms. The van der Waals surface area contributed by atoms with Crippen molar-refractivity contribution in [2.24, 2.45) is 7.05 Å². The Balaban J connectivity index is 1.35. The summed E-state index contributed by atoms with van der Waals surface area (Å²) in [7, 11) is 1.92. The number of amides is 2. The lowest BCUT2D eigenvalue weighted by molar-refractivity contribution is -0.116. The van der Waals surface area contributed by atoms with Crippen LogP contribution in [0.3, 0.4) is 0 Å². The number of aryl methyl sites for hydroxylation is 1. The molecule has 0 fully saturated rings. The number of pyridine rings is 1. The van der Waals surface area contributed by atoms with E-state index in [9.17, 15) is 14.9 Å². The highest BCUT2D eigenvalue weighted by Gasteiger charge is 2.28. The zero-order valence-electron chi connectivity index (χ0n) is 19.2. The number of nitrogens with one attached hydrogen (secondary N) is 2. The van der Waals surface area contributed by atoms with Crippen LogP contribution in [0.5, 0.6) is 0 Å². The van der Waals surface area contributed by atoms with Crippen LogP contribution in [0.15, 0.2) is 42.7 Å². The molecule has 3 aromatic heterocycles.